The van der Waals surface area contributed by atoms with Crippen LogP contribution in [0.3, 0.4) is 0 Å². The lowest BCUT2D eigenvalue weighted by Crippen LogP contribution is -2.13. The van der Waals surface area contributed by atoms with Crippen LogP contribution in [0.1, 0.15) is 6.92 Å². The Morgan fingerprint density at radius 3 is 2.50 bits per heavy atom. The third-order valence-corrected chi connectivity index (χ3v) is 0.299. The molecule has 0 aromatic heterocycles. The first kappa shape index (κ1) is 5.85. The van der Waals surface area contributed by atoms with Gasteiger partial charge < -0.3 is 0 Å². The lowest BCUT2D eigenvalue weighted by Gasteiger charge is -1.93. The molecule has 0 aliphatic rings. The summed E-state index contributed by atoms with van der Waals surface area (Å²) in [5.74, 6) is 0. The molecule has 1 radical (unpaired) electrons. The van der Waals surface area contributed by atoms with E-state index < -0.39 is 0 Å². The number of thiocarbonyl (C=S) groups is 1. The molecule has 0 saturated carbocycles. The van der Waals surface area contributed by atoms with Crippen LogP contribution in [0.4, 0.5) is 0 Å². The first-order chi connectivity index (χ1) is 2.77. The summed E-state index contributed by atoms with van der Waals surface area (Å²) in [4.78, 5) is 4.75. The van der Waals surface area contributed by atoms with Crippen molar-refractivity contribution in [1.29, 1.82) is 0 Å². The van der Waals surface area contributed by atoms with Crippen LogP contribution >= 0.6 is 12.2 Å². The van der Waals surface area contributed by atoms with Gasteiger partial charge in [0, 0.05) is 0 Å². The monoisotopic (exact) mass is 104 g/mol. The average molecular weight is 104 g/mol. The van der Waals surface area contributed by atoms with Gasteiger partial charge in [0.25, 0.3) is 0 Å². The minimum atomic E-state index is 0.588. The summed E-state index contributed by atoms with van der Waals surface area (Å²) in [6.07, 6.45) is 0. The molecule has 0 aromatic carbocycles. The smallest absolute Gasteiger partial charge is 0.101 e. The molecule has 0 aliphatic heterocycles. The third kappa shape index (κ3) is 3.85. The Morgan fingerprint density at radius 2 is 2.50 bits per heavy atom. The maximum absolute atomic E-state index is 4.52. The zero-order valence-corrected chi connectivity index (χ0v) is 4.34. The molecule has 35 valence electrons. The molecule has 2 nitrogen and oxygen atoms in total. The summed E-state index contributed by atoms with van der Waals surface area (Å²) in [6.45, 7) is 1.71. The molecule has 0 bridgehead atoms. The summed E-state index contributed by atoms with van der Waals surface area (Å²) in [5, 5.41) is 0. The van der Waals surface area contributed by atoms with E-state index in [0.29, 0.717) is 4.99 Å². The molecule has 0 spiro atoms. The molecular weight excluding hydrogens is 98.1 g/mol. The molecule has 3 heteroatoms. The van der Waals surface area contributed by atoms with Gasteiger partial charge in [-0.15, -0.1) is 0 Å². The lowest BCUT2D eigenvalue weighted by molar-refractivity contribution is 0.188. The van der Waals surface area contributed by atoms with E-state index >= 15 is 0 Å². The molecule has 6 heavy (non-hydrogen) atoms. The summed E-state index contributed by atoms with van der Waals surface area (Å²) >= 11 is 4.52. The van der Waals surface area contributed by atoms with Crippen LogP contribution in [0.25, 0.3) is 0 Å². The number of hydrogen-bond donors (Lipinski definition) is 1. The molecular formula is C3H6NOS. The van der Waals surface area contributed by atoms with Crippen molar-refractivity contribution < 1.29 is 4.84 Å². The second kappa shape index (κ2) is 3.06. The van der Waals surface area contributed by atoms with Gasteiger partial charge in [-0.2, -0.15) is 0 Å². The van der Waals surface area contributed by atoms with Gasteiger partial charge >= 0.3 is 0 Å². The van der Waals surface area contributed by atoms with Crippen LogP contribution < -0.4 is 5.48 Å². The Morgan fingerprint density at radius 1 is 2.00 bits per heavy atom. The van der Waals surface area contributed by atoms with Gasteiger partial charge in [-0.3, -0.25) is 10.3 Å². The Labute approximate surface area is 42.4 Å². The van der Waals surface area contributed by atoms with Crippen LogP contribution in [0, 0.1) is 7.11 Å². The Hall–Kier alpha value is -0.150. The Kier molecular flexibility index (Phi) is 2.98. The van der Waals surface area contributed by atoms with Crippen LogP contribution in [-0.4, -0.2) is 4.99 Å². The summed E-state index contributed by atoms with van der Waals surface area (Å²) in [7, 11) is 3.03. The first-order valence-electron chi connectivity index (χ1n) is 1.45. The average Bonchev–Trinajstić information content (AvgIpc) is 1.35. The summed E-state index contributed by atoms with van der Waals surface area (Å²) in [5.41, 5.74) is 2.33. The Balaban J connectivity index is 2.83. The van der Waals surface area contributed by atoms with E-state index in [1.54, 1.807) is 6.92 Å². The molecule has 0 rings (SSSR count). The van der Waals surface area contributed by atoms with Crippen molar-refractivity contribution in [2.45, 2.75) is 6.92 Å². The molecule has 0 saturated heterocycles. The van der Waals surface area contributed by atoms with E-state index in [9.17, 15) is 0 Å². The highest BCUT2D eigenvalue weighted by atomic mass is 32.1. The summed E-state index contributed by atoms with van der Waals surface area (Å²) < 4.78 is 0. The maximum Gasteiger partial charge on any atom is 0.101 e. The quantitative estimate of drug-likeness (QED) is 0.390. The molecule has 0 atom stereocenters. The number of rotatable bonds is 1. The fraction of sp³-hybridized carbons (Fsp3) is 0.333. The van der Waals surface area contributed by atoms with Crippen molar-refractivity contribution in [2.24, 2.45) is 0 Å². The number of hydroxylamine groups is 1. The van der Waals surface area contributed by atoms with Gasteiger partial charge in [-0.05, 0) is 6.92 Å². The minimum Gasteiger partial charge on any atom is -0.273 e. The molecule has 0 heterocycles. The second-order valence-electron chi connectivity index (χ2n) is 0.803. The standard InChI is InChI=1S/C3H6NOS/c1-3(6)4-5-2/h2H2,1H3,(H,4,6). The van der Waals surface area contributed by atoms with Gasteiger partial charge in [0.05, 0.1) is 4.99 Å². The highest BCUT2D eigenvalue weighted by Crippen LogP contribution is 1.63. The van der Waals surface area contributed by atoms with Crippen molar-refractivity contribution >= 4 is 17.2 Å². The van der Waals surface area contributed by atoms with E-state index in [1.807, 2.05) is 0 Å². The van der Waals surface area contributed by atoms with Crippen molar-refractivity contribution in [3.05, 3.63) is 7.11 Å². The van der Waals surface area contributed by atoms with Gasteiger partial charge in [-0.1, -0.05) is 12.2 Å². The number of nitrogens with one attached hydrogen (secondary N) is 1. The predicted octanol–water partition coefficient (Wildman–Crippen LogP) is 0.646. The number of hydrogen-bond acceptors (Lipinski definition) is 2. The maximum atomic E-state index is 4.52. The van der Waals surface area contributed by atoms with Crippen LogP contribution in [0.15, 0.2) is 0 Å². The summed E-state index contributed by atoms with van der Waals surface area (Å²) in [6, 6.07) is 0. The van der Waals surface area contributed by atoms with Crippen LogP contribution in [-0.2, 0) is 4.84 Å². The van der Waals surface area contributed by atoms with Crippen LogP contribution in [0.2, 0.25) is 0 Å². The molecule has 0 unspecified atom stereocenters. The topological polar surface area (TPSA) is 21.3 Å². The van der Waals surface area contributed by atoms with Crippen molar-refractivity contribution in [3.63, 3.8) is 0 Å². The fourth-order valence-corrected chi connectivity index (χ4v) is 0.161. The van der Waals surface area contributed by atoms with Gasteiger partial charge in [-0.25, -0.2) is 0 Å². The third-order valence-electron chi connectivity index (χ3n) is 0.216. The Bertz CT molecular complexity index is 54.8. The zero-order chi connectivity index (χ0) is 4.99. The van der Waals surface area contributed by atoms with Crippen molar-refractivity contribution in [2.75, 3.05) is 0 Å². The van der Waals surface area contributed by atoms with Crippen molar-refractivity contribution in [1.82, 2.24) is 5.48 Å². The minimum absolute atomic E-state index is 0.588. The van der Waals surface area contributed by atoms with Gasteiger partial charge in [0.15, 0.2) is 0 Å². The molecule has 0 aliphatic carbocycles. The van der Waals surface area contributed by atoms with Crippen LogP contribution in [0.5, 0.6) is 0 Å². The largest absolute Gasteiger partial charge is 0.273 e. The molecule has 0 amide bonds. The lowest BCUT2D eigenvalue weighted by atomic mass is 10.8. The molecule has 1 N–H and O–H groups in total. The van der Waals surface area contributed by atoms with Crippen molar-refractivity contribution in [3.8, 4) is 0 Å². The normalized spacial score (nSPS) is 7.67. The second-order valence-corrected chi connectivity index (χ2v) is 1.41. The van der Waals surface area contributed by atoms with E-state index in [-0.39, 0.29) is 0 Å². The molecule has 0 aromatic rings. The van der Waals surface area contributed by atoms with Gasteiger partial charge in [0.1, 0.15) is 7.11 Å². The van der Waals surface area contributed by atoms with E-state index in [0.717, 1.165) is 0 Å². The highest BCUT2D eigenvalue weighted by molar-refractivity contribution is 7.80. The fourth-order valence-electron chi connectivity index (χ4n) is 0.102. The van der Waals surface area contributed by atoms with Gasteiger partial charge in [0.2, 0.25) is 0 Å². The first-order valence-corrected chi connectivity index (χ1v) is 1.86. The zero-order valence-electron chi connectivity index (χ0n) is 3.52. The van der Waals surface area contributed by atoms with E-state index in [2.05, 4.69) is 29.6 Å². The van der Waals surface area contributed by atoms with E-state index in [1.165, 1.54) is 0 Å². The SMILES string of the molecule is [CH2]ONC(C)=S. The van der Waals surface area contributed by atoms with E-state index in [4.69, 9.17) is 0 Å². The predicted molar refractivity (Wildman–Crippen MR) is 27.8 cm³/mol. The molecule has 0 fully saturated rings. The highest BCUT2D eigenvalue weighted by Gasteiger charge is 1.74.